The summed E-state index contributed by atoms with van der Waals surface area (Å²) in [7, 11) is 0. The van der Waals surface area contributed by atoms with Gasteiger partial charge in [0.1, 0.15) is 5.82 Å². The standard InChI is InChI=1S/C21H26N4O3/c1-3-24-11-13-25(14-12-24)20(26)17-7-10-19(22-15-17)23-18-8-5-16(6-9-18)21(27)28-4-2/h5-10,15H,3-4,11-14H2,1-2H3,(H,22,23). The molecular weight excluding hydrogens is 356 g/mol. The van der Waals surface area contributed by atoms with Crippen molar-refractivity contribution in [2.45, 2.75) is 13.8 Å². The summed E-state index contributed by atoms with van der Waals surface area (Å²) in [6, 6.07) is 10.6. The number of nitrogens with one attached hydrogen (secondary N) is 1. The monoisotopic (exact) mass is 382 g/mol. The third kappa shape index (κ3) is 4.86. The van der Waals surface area contributed by atoms with Gasteiger partial charge < -0.3 is 19.9 Å². The summed E-state index contributed by atoms with van der Waals surface area (Å²) < 4.78 is 4.97. The molecule has 0 aliphatic carbocycles. The van der Waals surface area contributed by atoms with Crippen LogP contribution in [0.15, 0.2) is 42.6 Å². The number of esters is 1. The first-order valence-electron chi connectivity index (χ1n) is 9.62. The number of nitrogens with zero attached hydrogens (tertiary/aromatic N) is 3. The second kappa shape index (κ2) is 9.32. The van der Waals surface area contributed by atoms with Crippen molar-refractivity contribution in [1.29, 1.82) is 0 Å². The number of carbonyl (C=O) groups excluding carboxylic acids is 2. The molecule has 3 rings (SSSR count). The molecule has 148 valence electrons. The number of benzene rings is 1. The minimum absolute atomic E-state index is 0.0218. The highest BCUT2D eigenvalue weighted by atomic mass is 16.5. The molecule has 7 heteroatoms. The minimum atomic E-state index is -0.338. The molecule has 1 fully saturated rings. The van der Waals surface area contributed by atoms with Gasteiger partial charge in [-0.2, -0.15) is 0 Å². The van der Waals surface area contributed by atoms with Gasteiger partial charge in [-0.15, -0.1) is 0 Å². The maximum Gasteiger partial charge on any atom is 0.338 e. The van der Waals surface area contributed by atoms with Crippen LogP contribution in [-0.2, 0) is 4.74 Å². The number of aromatic nitrogens is 1. The molecule has 0 atom stereocenters. The van der Waals surface area contributed by atoms with Gasteiger partial charge in [0.15, 0.2) is 0 Å². The molecule has 0 unspecified atom stereocenters. The van der Waals surface area contributed by atoms with Crippen LogP contribution in [0.3, 0.4) is 0 Å². The van der Waals surface area contributed by atoms with Gasteiger partial charge in [-0.3, -0.25) is 4.79 Å². The average molecular weight is 382 g/mol. The smallest absolute Gasteiger partial charge is 0.338 e. The van der Waals surface area contributed by atoms with Crippen molar-refractivity contribution in [2.75, 3.05) is 44.6 Å². The quantitative estimate of drug-likeness (QED) is 0.775. The molecule has 0 radical (unpaired) electrons. The second-order valence-corrected chi connectivity index (χ2v) is 6.58. The van der Waals surface area contributed by atoms with E-state index < -0.39 is 0 Å². The molecule has 2 aromatic rings. The fraction of sp³-hybridized carbons (Fsp3) is 0.381. The van der Waals surface area contributed by atoms with Crippen molar-refractivity contribution in [3.8, 4) is 0 Å². The maximum absolute atomic E-state index is 12.6. The van der Waals surface area contributed by atoms with Crippen LogP contribution in [0.5, 0.6) is 0 Å². The van der Waals surface area contributed by atoms with Gasteiger partial charge in [0, 0.05) is 38.1 Å². The molecule has 1 aromatic carbocycles. The first kappa shape index (κ1) is 19.8. The van der Waals surface area contributed by atoms with Crippen molar-refractivity contribution in [2.24, 2.45) is 0 Å². The molecule has 1 amide bonds. The van der Waals surface area contributed by atoms with E-state index in [0.29, 0.717) is 23.6 Å². The van der Waals surface area contributed by atoms with Gasteiger partial charge >= 0.3 is 5.97 Å². The summed E-state index contributed by atoms with van der Waals surface area (Å²) in [6.07, 6.45) is 1.60. The second-order valence-electron chi connectivity index (χ2n) is 6.58. The number of anilines is 2. The Morgan fingerprint density at radius 1 is 1.00 bits per heavy atom. The molecule has 7 nitrogen and oxygen atoms in total. The normalized spacial score (nSPS) is 14.6. The van der Waals surface area contributed by atoms with E-state index in [-0.39, 0.29) is 11.9 Å². The molecular formula is C21H26N4O3. The van der Waals surface area contributed by atoms with Crippen molar-refractivity contribution in [3.63, 3.8) is 0 Å². The fourth-order valence-electron chi connectivity index (χ4n) is 3.10. The van der Waals surface area contributed by atoms with Crippen molar-refractivity contribution < 1.29 is 14.3 Å². The molecule has 0 bridgehead atoms. The third-order valence-corrected chi connectivity index (χ3v) is 4.79. The number of amides is 1. The van der Waals surface area contributed by atoms with Crippen LogP contribution in [0.25, 0.3) is 0 Å². The number of hydrogen-bond acceptors (Lipinski definition) is 6. The number of ether oxygens (including phenoxy) is 1. The molecule has 1 aliphatic heterocycles. The van der Waals surface area contributed by atoms with Crippen LogP contribution in [0.1, 0.15) is 34.6 Å². The number of pyridine rings is 1. The molecule has 0 saturated carbocycles. The third-order valence-electron chi connectivity index (χ3n) is 4.79. The predicted molar refractivity (Wildman–Crippen MR) is 108 cm³/mol. The van der Waals surface area contributed by atoms with Gasteiger partial charge in [0.05, 0.1) is 17.7 Å². The van der Waals surface area contributed by atoms with E-state index in [1.807, 2.05) is 4.90 Å². The van der Waals surface area contributed by atoms with E-state index in [4.69, 9.17) is 4.74 Å². The topological polar surface area (TPSA) is 74.8 Å². The summed E-state index contributed by atoms with van der Waals surface area (Å²) >= 11 is 0. The Labute approximate surface area is 165 Å². The zero-order valence-electron chi connectivity index (χ0n) is 16.4. The Hall–Kier alpha value is -2.93. The van der Waals surface area contributed by atoms with E-state index in [1.165, 1.54) is 0 Å². The largest absolute Gasteiger partial charge is 0.462 e. The fourth-order valence-corrected chi connectivity index (χ4v) is 3.10. The summed E-state index contributed by atoms with van der Waals surface area (Å²) in [6.45, 7) is 8.61. The number of likely N-dealkylation sites (N-methyl/N-ethyl adjacent to an activating group) is 1. The number of rotatable bonds is 6. The Kier molecular flexibility index (Phi) is 6.60. The van der Waals surface area contributed by atoms with Crippen LogP contribution in [-0.4, -0.2) is 66.0 Å². The summed E-state index contributed by atoms with van der Waals surface area (Å²) in [4.78, 5) is 32.9. The van der Waals surface area contributed by atoms with Crippen LogP contribution < -0.4 is 5.32 Å². The van der Waals surface area contributed by atoms with Crippen LogP contribution in [0.4, 0.5) is 11.5 Å². The number of piperazine rings is 1. The maximum atomic E-state index is 12.6. The lowest BCUT2D eigenvalue weighted by Crippen LogP contribution is -2.48. The van der Waals surface area contributed by atoms with E-state index >= 15 is 0 Å². The highest BCUT2D eigenvalue weighted by Crippen LogP contribution is 2.17. The van der Waals surface area contributed by atoms with E-state index in [0.717, 1.165) is 38.4 Å². The summed E-state index contributed by atoms with van der Waals surface area (Å²) in [5.74, 6) is 0.319. The summed E-state index contributed by atoms with van der Waals surface area (Å²) in [5, 5.41) is 3.17. The molecule has 28 heavy (non-hydrogen) atoms. The zero-order chi connectivity index (χ0) is 19.9. The van der Waals surface area contributed by atoms with Crippen LogP contribution >= 0.6 is 0 Å². The average Bonchev–Trinajstić information content (AvgIpc) is 2.74. The SMILES string of the molecule is CCOC(=O)c1ccc(Nc2ccc(C(=O)N3CCN(CC)CC3)cn2)cc1. The van der Waals surface area contributed by atoms with Gasteiger partial charge in [-0.1, -0.05) is 6.92 Å². The van der Waals surface area contributed by atoms with E-state index in [2.05, 4.69) is 22.1 Å². The highest BCUT2D eigenvalue weighted by Gasteiger charge is 2.21. The van der Waals surface area contributed by atoms with Crippen molar-refractivity contribution in [3.05, 3.63) is 53.7 Å². The van der Waals surface area contributed by atoms with Gasteiger partial charge in [0.2, 0.25) is 0 Å². The van der Waals surface area contributed by atoms with Gasteiger partial charge in [-0.05, 0) is 49.9 Å². The lowest BCUT2D eigenvalue weighted by Gasteiger charge is -2.34. The molecule has 2 heterocycles. The molecule has 1 aliphatic rings. The molecule has 1 saturated heterocycles. The predicted octanol–water partition coefficient (Wildman–Crippen LogP) is 2.78. The first-order valence-corrected chi connectivity index (χ1v) is 9.62. The lowest BCUT2D eigenvalue weighted by molar-refractivity contribution is 0.0526. The highest BCUT2D eigenvalue weighted by molar-refractivity contribution is 5.94. The number of carbonyl (C=O) groups is 2. The van der Waals surface area contributed by atoms with E-state index in [9.17, 15) is 9.59 Å². The Bertz CT molecular complexity index is 797. The first-order chi connectivity index (χ1) is 13.6. The molecule has 0 spiro atoms. The molecule has 1 N–H and O–H groups in total. The zero-order valence-corrected chi connectivity index (χ0v) is 16.4. The van der Waals surface area contributed by atoms with Crippen molar-refractivity contribution in [1.82, 2.24) is 14.8 Å². The van der Waals surface area contributed by atoms with Crippen LogP contribution in [0.2, 0.25) is 0 Å². The van der Waals surface area contributed by atoms with Gasteiger partial charge in [0.25, 0.3) is 5.91 Å². The van der Waals surface area contributed by atoms with E-state index in [1.54, 1.807) is 49.5 Å². The Morgan fingerprint density at radius 2 is 1.68 bits per heavy atom. The Balaban J connectivity index is 1.58. The summed E-state index contributed by atoms with van der Waals surface area (Å²) in [5.41, 5.74) is 1.90. The van der Waals surface area contributed by atoms with Gasteiger partial charge in [-0.25, -0.2) is 9.78 Å². The number of hydrogen-bond donors (Lipinski definition) is 1. The van der Waals surface area contributed by atoms with Crippen LogP contribution in [0, 0.1) is 0 Å². The minimum Gasteiger partial charge on any atom is -0.462 e. The molecule has 1 aromatic heterocycles. The van der Waals surface area contributed by atoms with Crippen molar-refractivity contribution >= 4 is 23.4 Å². The Morgan fingerprint density at radius 3 is 2.25 bits per heavy atom. The lowest BCUT2D eigenvalue weighted by atomic mass is 10.2.